The highest BCUT2D eigenvalue weighted by molar-refractivity contribution is 6.35. The maximum atomic E-state index is 11.5. The zero-order valence-corrected chi connectivity index (χ0v) is 12.2. The van der Waals surface area contributed by atoms with Crippen LogP contribution < -0.4 is 10.6 Å². The maximum absolute atomic E-state index is 11.5. The first-order valence-electron chi connectivity index (χ1n) is 6.42. The maximum Gasteiger partial charge on any atom is 0.309 e. The molecule has 0 aliphatic carbocycles. The number of likely N-dealkylation sites (N-methyl/N-ethyl adjacent to an activating group) is 1. The summed E-state index contributed by atoms with van der Waals surface area (Å²) in [5.41, 5.74) is 0. The molecule has 0 aliphatic heterocycles. The molecular weight excluding hydrogens is 250 g/mol. The molecule has 112 valence electrons. The van der Waals surface area contributed by atoms with Crippen LogP contribution in [0.5, 0.6) is 0 Å². The highest BCUT2D eigenvalue weighted by Crippen LogP contribution is 1.87. The zero-order chi connectivity index (χ0) is 14.7. The number of ether oxygens (including phenoxy) is 2. The molecule has 19 heavy (non-hydrogen) atoms. The Morgan fingerprint density at radius 3 is 2.05 bits per heavy atom. The molecule has 0 atom stereocenters. The number of rotatable bonds is 9. The summed E-state index contributed by atoms with van der Waals surface area (Å²) in [6.45, 7) is 7.25. The quantitative estimate of drug-likeness (QED) is 0.424. The molecule has 2 amide bonds. The molecule has 0 rings (SSSR count). The van der Waals surface area contributed by atoms with Crippen LogP contribution in [0, 0.1) is 0 Å². The van der Waals surface area contributed by atoms with Crippen LogP contribution in [0.25, 0.3) is 0 Å². The Kier molecular flexibility index (Phi) is 10.1. The van der Waals surface area contributed by atoms with Gasteiger partial charge < -0.3 is 25.0 Å². The number of hydrogen-bond donors (Lipinski definition) is 2. The molecule has 0 radical (unpaired) electrons. The second kappa shape index (κ2) is 10.7. The van der Waals surface area contributed by atoms with Crippen molar-refractivity contribution in [3.05, 3.63) is 0 Å². The minimum atomic E-state index is -0.682. The average Bonchev–Trinajstić information content (AvgIpc) is 2.44. The van der Waals surface area contributed by atoms with Crippen molar-refractivity contribution >= 4 is 11.8 Å². The lowest BCUT2D eigenvalue weighted by Gasteiger charge is -2.18. The average molecular weight is 275 g/mol. The third kappa shape index (κ3) is 7.76. The largest absolute Gasteiger partial charge is 0.354 e. The van der Waals surface area contributed by atoms with Gasteiger partial charge in [0.1, 0.15) is 0 Å². The van der Waals surface area contributed by atoms with Gasteiger partial charge >= 0.3 is 11.8 Å². The van der Waals surface area contributed by atoms with Crippen LogP contribution in [0.1, 0.15) is 13.8 Å². The number of hydrogen-bond acceptors (Lipinski definition) is 5. The van der Waals surface area contributed by atoms with Crippen LogP contribution >= 0.6 is 0 Å². The summed E-state index contributed by atoms with van der Waals surface area (Å²) in [6, 6.07) is 0. The van der Waals surface area contributed by atoms with Gasteiger partial charge in [-0.2, -0.15) is 0 Å². The predicted octanol–water partition coefficient (Wildman–Crippen LogP) is -0.820. The van der Waals surface area contributed by atoms with E-state index in [9.17, 15) is 9.59 Å². The second-order valence-electron chi connectivity index (χ2n) is 3.89. The normalized spacial score (nSPS) is 10.8. The fourth-order valence-corrected chi connectivity index (χ4v) is 1.47. The molecule has 0 saturated heterocycles. The van der Waals surface area contributed by atoms with E-state index in [1.807, 2.05) is 13.8 Å². The molecule has 0 aliphatic rings. The molecule has 0 bridgehead atoms. The van der Waals surface area contributed by atoms with E-state index in [4.69, 9.17) is 9.47 Å². The van der Waals surface area contributed by atoms with Crippen molar-refractivity contribution in [2.75, 3.05) is 46.9 Å². The van der Waals surface area contributed by atoms with E-state index in [1.165, 1.54) is 14.2 Å². The molecule has 0 heterocycles. The van der Waals surface area contributed by atoms with Crippen LogP contribution in [-0.4, -0.2) is 69.9 Å². The first-order valence-corrected chi connectivity index (χ1v) is 6.42. The Morgan fingerprint density at radius 1 is 1.05 bits per heavy atom. The Morgan fingerprint density at radius 2 is 1.58 bits per heavy atom. The van der Waals surface area contributed by atoms with E-state index in [-0.39, 0.29) is 6.54 Å². The van der Waals surface area contributed by atoms with Gasteiger partial charge in [-0.05, 0) is 13.1 Å². The summed E-state index contributed by atoms with van der Waals surface area (Å²) in [7, 11) is 2.93. The highest BCUT2D eigenvalue weighted by atomic mass is 16.7. The molecule has 0 spiro atoms. The van der Waals surface area contributed by atoms with E-state index in [0.29, 0.717) is 6.54 Å². The van der Waals surface area contributed by atoms with Crippen LogP contribution in [0.15, 0.2) is 0 Å². The summed E-state index contributed by atoms with van der Waals surface area (Å²) < 4.78 is 9.79. The highest BCUT2D eigenvalue weighted by Gasteiger charge is 2.15. The first-order chi connectivity index (χ1) is 9.08. The third-order valence-electron chi connectivity index (χ3n) is 2.77. The molecule has 2 N–H and O–H groups in total. The van der Waals surface area contributed by atoms with Crippen LogP contribution in [0.4, 0.5) is 0 Å². The van der Waals surface area contributed by atoms with E-state index in [2.05, 4.69) is 15.5 Å². The van der Waals surface area contributed by atoms with Gasteiger partial charge in [-0.1, -0.05) is 13.8 Å². The molecule has 0 unspecified atom stereocenters. The van der Waals surface area contributed by atoms with Crippen molar-refractivity contribution in [3.8, 4) is 0 Å². The third-order valence-corrected chi connectivity index (χ3v) is 2.77. The van der Waals surface area contributed by atoms with Crippen molar-refractivity contribution < 1.29 is 19.1 Å². The molecular formula is C12H25N3O4. The summed E-state index contributed by atoms with van der Waals surface area (Å²) in [4.78, 5) is 25.1. The van der Waals surface area contributed by atoms with E-state index >= 15 is 0 Å². The number of carbonyl (C=O) groups is 2. The van der Waals surface area contributed by atoms with Gasteiger partial charge in [0, 0.05) is 27.3 Å². The zero-order valence-electron chi connectivity index (χ0n) is 12.2. The van der Waals surface area contributed by atoms with E-state index in [1.54, 1.807) is 0 Å². The number of amides is 2. The lowest BCUT2D eigenvalue weighted by molar-refractivity contribution is -0.141. The van der Waals surface area contributed by atoms with E-state index in [0.717, 1.165) is 19.6 Å². The monoisotopic (exact) mass is 275 g/mol. The molecule has 0 fully saturated rings. The number of carbonyl (C=O) groups excluding carboxylic acids is 2. The smallest absolute Gasteiger partial charge is 0.309 e. The number of methoxy groups -OCH3 is 2. The molecule has 7 heteroatoms. The topological polar surface area (TPSA) is 79.9 Å². The second-order valence-corrected chi connectivity index (χ2v) is 3.89. The van der Waals surface area contributed by atoms with Crippen LogP contribution in [-0.2, 0) is 19.1 Å². The Balaban J connectivity index is 3.85. The Hall–Kier alpha value is -1.18. The Bertz CT molecular complexity index is 266. The summed E-state index contributed by atoms with van der Waals surface area (Å²) >= 11 is 0. The van der Waals surface area contributed by atoms with Gasteiger partial charge in [0.25, 0.3) is 0 Å². The molecule has 0 aromatic heterocycles. The van der Waals surface area contributed by atoms with Crippen molar-refractivity contribution in [1.82, 2.24) is 15.5 Å². The van der Waals surface area contributed by atoms with Gasteiger partial charge in [0.2, 0.25) is 0 Å². The van der Waals surface area contributed by atoms with Crippen molar-refractivity contribution in [2.45, 2.75) is 20.1 Å². The number of nitrogens with one attached hydrogen (secondary N) is 2. The van der Waals surface area contributed by atoms with Crippen LogP contribution in [0.3, 0.4) is 0 Å². The SMILES string of the molecule is CCN(CC)CCNC(=O)C(=O)NCC(OC)OC. The molecule has 0 saturated carbocycles. The molecule has 0 aromatic rings. The summed E-state index contributed by atoms with van der Waals surface area (Å²) in [6.07, 6.45) is -0.549. The molecule has 0 aromatic carbocycles. The lowest BCUT2D eigenvalue weighted by Crippen LogP contribution is -2.45. The van der Waals surface area contributed by atoms with Crippen LogP contribution in [0.2, 0.25) is 0 Å². The predicted molar refractivity (Wildman–Crippen MR) is 71.6 cm³/mol. The van der Waals surface area contributed by atoms with Crippen molar-refractivity contribution in [1.29, 1.82) is 0 Å². The minimum absolute atomic E-state index is 0.134. The van der Waals surface area contributed by atoms with Gasteiger partial charge in [0.15, 0.2) is 6.29 Å². The van der Waals surface area contributed by atoms with Crippen molar-refractivity contribution in [3.63, 3.8) is 0 Å². The Labute approximate surface area is 114 Å². The fraction of sp³-hybridized carbons (Fsp3) is 0.833. The summed E-state index contributed by atoms with van der Waals surface area (Å²) in [5, 5.41) is 5.00. The minimum Gasteiger partial charge on any atom is -0.354 e. The van der Waals surface area contributed by atoms with Gasteiger partial charge in [-0.3, -0.25) is 9.59 Å². The standard InChI is InChI=1S/C12H25N3O4/c1-5-15(6-2)8-7-13-11(16)12(17)14-9-10(18-3)19-4/h10H,5-9H2,1-4H3,(H,13,16)(H,14,17). The number of nitrogens with zero attached hydrogens (tertiary/aromatic N) is 1. The lowest BCUT2D eigenvalue weighted by atomic mass is 10.4. The molecule has 7 nitrogen and oxygen atoms in total. The fourth-order valence-electron chi connectivity index (χ4n) is 1.47. The van der Waals surface area contributed by atoms with Gasteiger partial charge in [0.05, 0.1) is 6.54 Å². The van der Waals surface area contributed by atoms with Gasteiger partial charge in [-0.15, -0.1) is 0 Å². The summed E-state index contributed by atoms with van der Waals surface area (Å²) in [5.74, 6) is -1.32. The van der Waals surface area contributed by atoms with Crippen molar-refractivity contribution in [2.24, 2.45) is 0 Å². The van der Waals surface area contributed by atoms with Gasteiger partial charge in [-0.25, -0.2) is 0 Å². The first kappa shape index (κ1) is 17.8. The van der Waals surface area contributed by atoms with E-state index < -0.39 is 18.1 Å².